The van der Waals surface area contributed by atoms with E-state index in [0.717, 1.165) is 5.56 Å². The zero-order chi connectivity index (χ0) is 17.1. The molecule has 24 heavy (non-hydrogen) atoms. The third-order valence-electron chi connectivity index (χ3n) is 3.58. The highest BCUT2D eigenvalue weighted by Gasteiger charge is 2.17. The minimum atomic E-state index is -0.992. The van der Waals surface area contributed by atoms with Crippen molar-refractivity contribution in [3.05, 3.63) is 69.0 Å². The number of furan rings is 1. The number of amides is 1. The van der Waals surface area contributed by atoms with Crippen LogP contribution in [0.25, 0.3) is 11.3 Å². The van der Waals surface area contributed by atoms with E-state index in [9.17, 15) is 14.7 Å². The summed E-state index contributed by atoms with van der Waals surface area (Å²) in [7, 11) is 1.57. The van der Waals surface area contributed by atoms with Crippen molar-refractivity contribution in [2.75, 3.05) is 6.54 Å². The van der Waals surface area contributed by atoms with Gasteiger partial charge in [-0.05, 0) is 35.7 Å². The van der Waals surface area contributed by atoms with Gasteiger partial charge in [-0.15, -0.1) is 0 Å². The molecule has 0 aromatic carbocycles. The zero-order valence-electron chi connectivity index (χ0n) is 12.9. The highest BCUT2D eigenvalue weighted by Crippen LogP contribution is 2.26. The van der Waals surface area contributed by atoms with Gasteiger partial charge in [0.15, 0.2) is 0 Å². The van der Waals surface area contributed by atoms with Crippen molar-refractivity contribution in [2.45, 2.75) is 6.10 Å². The van der Waals surface area contributed by atoms with Crippen LogP contribution in [-0.4, -0.2) is 22.1 Å². The molecule has 1 unspecified atom stereocenters. The van der Waals surface area contributed by atoms with Gasteiger partial charge in [0.25, 0.3) is 11.5 Å². The lowest BCUT2D eigenvalue weighted by molar-refractivity contribution is 0.0900. The van der Waals surface area contributed by atoms with E-state index >= 15 is 0 Å². The third-order valence-corrected chi connectivity index (χ3v) is 4.27. The molecule has 0 saturated carbocycles. The minimum Gasteiger partial charge on any atom is -0.458 e. The monoisotopic (exact) mass is 344 g/mol. The number of hydrogen-bond donors (Lipinski definition) is 2. The molecule has 3 aromatic rings. The summed E-state index contributed by atoms with van der Waals surface area (Å²) >= 11 is 1.56. The van der Waals surface area contributed by atoms with Crippen molar-refractivity contribution in [2.24, 2.45) is 7.05 Å². The van der Waals surface area contributed by atoms with Crippen LogP contribution in [-0.2, 0) is 7.05 Å². The number of aryl methyl sites for hydroxylation is 1. The average molecular weight is 344 g/mol. The van der Waals surface area contributed by atoms with Gasteiger partial charge in [-0.3, -0.25) is 9.59 Å². The Labute approximate surface area is 142 Å². The van der Waals surface area contributed by atoms with Crippen molar-refractivity contribution in [3.8, 4) is 11.3 Å². The first kappa shape index (κ1) is 16.2. The highest BCUT2D eigenvalue weighted by molar-refractivity contribution is 7.08. The number of aromatic nitrogens is 1. The Bertz CT molecular complexity index is 895. The molecule has 3 heterocycles. The van der Waals surface area contributed by atoms with Crippen LogP contribution in [0.15, 0.2) is 56.5 Å². The molecule has 1 atom stereocenters. The molecule has 0 saturated heterocycles. The van der Waals surface area contributed by atoms with E-state index in [-0.39, 0.29) is 17.7 Å². The quantitative estimate of drug-likeness (QED) is 0.743. The average Bonchev–Trinajstić information content (AvgIpc) is 3.25. The fraction of sp³-hybridized carbons (Fsp3) is 0.176. The van der Waals surface area contributed by atoms with Crippen LogP contribution < -0.4 is 10.9 Å². The van der Waals surface area contributed by atoms with Gasteiger partial charge in [0, 0.05) is 24.2 Å². The Morgan fingerprint density at radius 2 is 2.21 bits per heavy atom. The van der Waals surface area contributed by atoms with Crippen LogP contribution in [0.5, 0.6) is 0 Å². The van der Waals surface area contributed by atoms with E-state index in [2.05, 4.69) is 5.32 Å². The molecule has 0 aliphatic heterocycles. The van der Waals surface area contributed by atoms with E-state index in [4.69, 9.17) is 4.42 Å². The van der Waals surface area contributed by atoms with E-state index in [1.165, 1.54) is 10.6 Å². The fourth-order valence-corrected chi connectivity index (χ4v) is 2.89. The number of rotatable bonds is 5. The number of hydrogen-bond acceptors (Lipinski definition) is 5. The summed E-state index contributed by atoms with van der Waals surface area (Å²) in [6.45, 7) is -0.0481. The second-order valence-corrected chi connectivity index (χ2v) is 6.06. The van der Waals surface area contributed by atoms with E-state index < -0.39 is 12.0 Å². The summed E-state index contributed by atoms with van der Waals surface area (Å²) < 4.78 is 6.93. The molecule has 124 valence electrons. The molecule has 0 radical (unpaired) electrons. The minimum absolute atomic E-state index is 0.0330. The molecule has 3 aromatic heterocycles. The lowest BCUT2D eigenvalue weighted by atomic mass is 10.2. The Morgan fingerprint density at radius 3 is 2.96 bits per heavy atom. The second kappa shape index (κ2) is 6.86. The maximum atomic E-state index is 12.1. The number of nitrogens with zero attached hydrogens (tertiary/aromatic N) is 1. The van der Waals surface area contributed by atoms with Crippen molar-refractivity contribution < 1.29 is 14.3 Å². The van der Waals surface area contributed by atoms with Gasteiger partial charge >= 0.3 is 0 Å². The molecule has 0 spiro atoms. The maximum absolute atomic E-state index is 12.1. The smallest absolute Gasteiger partial charge is 0.263 e. The molecule has 0 fully saturated rings. The predicted molar refractivity (Wildman–Crippen MR) is 91.0 cm³/mol. The van der Waals surface area contributed by atoms with Gasteiger partial charge in [0.05, 0.1) is 6.54 Å². The summed E-state index contributed by atoms with van der Waals surface area (Å²) in [5.41, 5.74) is 0.586. The molecule has 2 N–H and O–H groups in total. The fourth-order valence-electron chi connectivity index (χ4n) is 2.25. The van der Waals surface area contributed by atoms with Crippen molar-refractivity contribution in [1.82, 2.24) is 9.88 Å². The van der Waals surface area contributed by atoms with Gasteiger partial charge in [0.2, 0.25) is 0 Å². The van der Waals surface area contributed by atoms with Crippen LogP contribution >= 0.6 is 11.3 Å². The predicted octanol–water partition coefficient (Wildman–Crippen LogP) is 2.17. The molecule has 3 rings (SSSR count). The number of pyridine rings is 1. The standard InChI is InChI=1S/C17H16N2O4S/c1-19-7-2-3-12(17(19)22)16(21)18-9-13(20)15-5-4-14(23-15)11-6-8-24-10-11/h2-8,10,13,20H,9H2,1H3,(H,18,21). The zero-order valence-corrected chi connectivity index (χ0v) is 13.7. The number of nitrogens with one attached hydrogen (secondary N) is 1. The molecule has 0 aliphatic rings. The molecule has 0 bridgehead atoms. The third kappa shape index (κ3) is 3.32. The van der Waals surface area contributed by atoms with E-state index in [1.54, 1.807) is 42.8 Å². The van der Waals surface area contributed by atoms with Gasteiger partial charge in [-0.25, -0.2) is 0 Å². The van der Waals surface area contributed by atoms with Crippen molar-refractivity contribution in [3.63, 3.8) is 0 Å². The van der Waals surface area contributed by atoms with Gasteiger partial charge < -0.3 is 19.4 Å². The van der Waals surface area contributed by atoms with Gasteiger partial charge in [-0.2, -0.15) is 11.3 Å². The van der Waals surface area contributed by atoms with Crippen molar-refractivity contribution >= 4 is 17.2 Å². The Hall–Kier alpha value is -2.64. The lowest BCUT2D eigenvalue weighted by Gasteiger charge is -2.10. The molecule has 6 nitrogen and oxygen atoms in total. The van der Waals surface area contributed by atoms with Crippen LogP contribution in [0.4, 0.5) is 0 Å². The largest absolute Gasteiger partial charge is 0.458 e. The number of carbonyl (C=O) groups excluding carboxylic acids is 1. The Balaban J connectivity index is 1.65. The maximum Gasteiger partial charge on any atom is 0.263 e. The number of carbonyl (C=O) groups is 1. The van der Waals surface area contributed by atoms with Gasteiger partial charge in [-0.1, -0.05) is 0 Å². The van der Waals surface area contributed by atoms with Crippen LogP contribution in [0.3, 0.4) is 0 Å². The summed E-state index contributed by atoms with van der Waals surface area (Å²) in [4.78, 5) is 24.0. The SMILES string of the molecule is Cn1cccc(C(=O)NCC(O)c2ccc(-c3ccsc3)o2)c1=O. The molecular formula is C17H16N2O4S. The summed E-state index contributed by atoms with van der Waals surface area (Å²) in [6.07, 6.45) is 0.580. The van der Waals surface area contributed by atoms with Crippen LogP contribution in [0.1, 0.15) is 22.2 Å². The molecular weight excluding hydrogens is 328 g/mol. The summed E-state index contributed by atoms with van der Waals surface area (Å²) in [5, 5.41) is 16.6. The first-order chi connectivity index (χ1) is 11.6. The summed E-state index contributed by atoms with van der Waals surface area (Å²) in [6, 6.07) is 8.44. The first-order valence-corrected chi connectivity index (χ1v) is 8.25. The molecule has 7 heteroatoms. The van der Waals surface area contributed by atoms with Crippen LogP contribution in [0, 0.1) is 0 Å². The van der Waals surface area contributed by atoms with Crippen molar-refractivity contribution in [1.29, 1.82) is 0 Å². The summed E-state index contributed by atoms with van der Waals surface area (Å²) in [5.74, 6) is 0.492. The number of aliphatic hydroxyl groups excluding tert-OH is 1. The van der Waals surface area contributed by atoms with E-state index in [1.807, 2.05) is 16.8 Å². The van der Waals surface area contributed by atoms with Crippen LogP contribution in [0.2, 0.25) is 0 Å². The Kier molecular flexibility index (Phi) is 4.64. The first-order valence-electron chi connectivity index (χ1n) is 7.30. The molecule has 0 aliphatic carbocycles. The van der Waals surface area contributed by atoms with Gasteiger partial charge in [0.1, 0.15) is 23.2 Å². The highest BCUT2D eigenvalue weighted by atomic mass is 32.1. The second-order valence-electron chi connectivity index (χ2n) is 5.28. The number of thiophene rings is 1. The Morgan fingerprint density at radius 1 is 1.38 bits per heavy atom. The molecule has 1 amide bonds. The number of aliphatic hydroxyl groups is 1. The van der Waals surface area contributed by atoms with E-state index in [0.29, 0.717) is 11.5 Å². The lowest BCUT2D eigenvalue weighted by Crippen LogP contribution is -2.34. The normalized spacial score (nSPS) is 12.1. The topological polar surface area (TPSA) is 84.5 Å².